The van der Waals surface area contributed by atoms with Crippen LogP contribution in [0.3, 0.4) is 0 Å². The summed E-state index contributed by atoms with van der Waals surface area (Å²) in [5, 5.41) is 2.19. The summed E-state index contributed by atoms with van der Waals surface area (Å²) in [5.41, 5.74) is 3.37. The normalized spacial score (nSPS) is 19.5. The van der Waals surface area contributed by atoms with Crippen molar-refractivity contribution in [2.45, 2.75) is 38.5 Å². The molecule has 0 aliphatic heterocycles. The molecule has 2 atom stereocenters. The van der Waals surface area contributed by atoms with E-state index >= 15 is 0 Å². The first-order chi connectivity index (χ1) is 12.6. The summed E-state index contributed by atoms with van der Waals surface area (Å²) < 4.78 is 28.0. The fourth-order valence-electron chi connectivity index (χ4n) is 4.53. The maximum absolute atomic E-state index is 14.1. The molecule has 1 aliphatic carbocycles. The molecule has 3 aromatic carbocycles. The van der Waals surface area contributed by atoms with E-state index < -0.39 is 0 Å². The van der Waals surface area contributed by atoms with Crippen LogP contribution in [0.15, 0.2) is 48.5 Å². The van der Waals surface area contributed by atoms with E-state index in [0.717, 1.165) is 42.0 Å². The van der Waals surface area contributed by atoms with Crippen LogP contribution in [0, 0.1) is 17.6 Å². The molecule has 3 aromatic rings. The van der Waals surface area contributed by atoms with Crippen molar-refractivity contribution in [1.29, 1.82) is 0 Å². The van der Waals surface area contributed by atoms with Crippen LogP contribution in [0.4, 0.5) is 8.78 Å². The van der Waals surface area contributed by atoms with Gasteiger partial charge in [0.1, 0.15) is 11.6 Å². The third-order valence-electron chi connectivity index (χ3n) is 5.67. The van der Waals surface area contributed by atoms with Gasteiger partial charge in [-0.1, -0.05) is 49.2 Å². The molecule has 0 spiro atoms. The van der Waals surface area contributed by atoms with Crippen molar-refractivity contribution in [1.82, 2.24) is 0 Å². The molecule has 0 N–H and O–H groups in total. The first-order valence-corrected chi connectivity index (χ1v) is 9.62. The lowest BCUT2D eigenvalue weighted by Crippen LogP contribution is -2.22. The van der Waals surface area contributed by atoms with Crippen LogP contribution < -0.4 is 0 Å². The molecule has 0 bridgehead atoms. The Hall–Kier alpha value is -1.93. The van der Waals surface area contributed by atoms with Crippen LogP contribution in [-0.2, 0) is 6.42 Å². The highest BCUT2D eigenvalue weighted by atomic mass is 35.5. The van der Waals surface area contributed by atoms with Gasteiger partial charge in [0.05, 0.1) is 5.02 Å². The molecule has 4 rings (SSSR count). The second-order valence-electron chi connectivity index (χ2n) is 7.24. The number of benzene rings is 3. The summed E-state index contributed by atoms with van der Waals surface area (Å²) in [6, 6.07) is 14.3. The summed E-state index contributed by atoms with van der Waals surface area (Å²) in [7, 11) is 0. The molecule has 0 saturated heterocycles. The van der Waals surface area contributed by atoms with E-state index in [-0.39, 0.29) is 22.6 Å². The van der Waals surface area contributed by atoms with Crippen LogP contribution in [0.1, 0.15) is 48.8 Å². The minimum Gasteiger partial charge on any atom is -0.207 e. The molecule has 2 unspecified atom stereocenters. The highest BCUT2D eigenvalue weighted by molar-refractivity contribution is 6.30. The zero-order valence-corrected chi connectivity index (χ0v) is 15.5. The Morgan fingerprint density at radius 2 is 1.85 bits per heavy atom. The molecular formula is C23H21ClF2. The first-order valence-electron chi connectivity index (χ1n) is 9.24. The molecule has 3 heteroatoms. The van der Waals surface area contributed by atoms with Crippen molar-refractivity contribution in [2.75, 3.05) is 0 Å². The lowest BCUT2D eigenvalue weighted by molar-refractivity contribution is 0.379. The Morgan fingerprint density at radius 1 is 1.04 bits per heavy atom. The Kier molecular flexibility index (Phi) is 4.71. The number of aryl methyl sites for hydroxylation is 1. The second-order valence-corrected chi connectivity index (χ2v) is 7.64. The standard InChI is InChI=1S/C23H21ClF2/c1-2-3-15-6-9-18-19(10-5-14-4-8-17(25)13-20(14)18)23(15)16-7-11-21(24)22(26)12-16/h4-5,7-8,10-13,15,23H,2-3,6,9H2,1H3. The fourth-order valence-corrected chi connectivity index (χ4v) is 4.65. The summed E-state index contributed by atoms with van der Waals surface area (Å²) in [6.07, 6.45) is 4.16. The van der Waals surface area contributed by atoms with Crippen LogP contribution in [-0.4, -0.2) is 0 Å². The Bertz CT molecular complexity index is 964. The van der Waals surface area contributed by atoms with Gasteiger partial charge in [0.25, 0.3) is 0 Å². The number of halogens is 3. The average molecular weight is 371 g/mol. The number of hydrogen-bond donors (Lipinski definition) is 0. The zero-order valence-electron chi connectivity index (χ0n) is 14.7. The molecule has 1 aliphatic rings. The zero-order chi connectivity index (χ0) is 18.3. The Balaban J connectivity index is 1.91. The van der Waals surface area contributed by atoms with E-state index in [1.165, 1.54) is 17.2 Å². The highest BCUT2D eigenvalue weighted by Gasteiger charge is 2.31. The largest absolute Gasteiger partial charge is 0.207 e. The van der Waals surface area contributed by atoms with Gasteiger partial charge in [-0.3, -0.25) is 0 Å². The molecule has 134 valence electrons. The van der Waals surface area contributed by atoms with Gasteiger partial charge in [0, 0.05) is 5.92 Å². The van der Waals surface area contributed by atoms with E-state index in [2.05, 4.69) is 19.1 Å². The third-order valence-corrected chi connectivity index (χ3v) is 5.97. The van der Waals surface area contributed by atoms with Crippen molar-refractivity contribution < 1.29 is 8.78 Å². The van der Waals surface area contributed by atoms with Gasteiger partial charge in [-0.15, -0.1) is 0 Å². The predicted molar refractivity (Wildman–Crippen MR) is 104 cm³/mol. The number of rotatable bonds is 3. The lowest BCUT2D eigenvalue weighted by atomic mass is 9.69. The van der Waals surface area contributed by atoms with Gasteiger partial charge in [-0.25, -0.2) is 8.78 Å². The molecule has 0 nitrogen and oxygen atoms in total. The maximum Gasteiger partial charge on any atom is 0.142 e. The summed E-state index contributed by atoms with van der Waals surface area (Å²) >= 11 is 5.90. The molecule has 26 heavy (non-hydrogen) atoms. The van der Waals surface area contributed by atoms with Crippen molar-refractivity contribution in [3.63, 3.8) is 0 Å². The van der Waals surface area contributed by atoms with Crippen molar-refractivity contribution in [3.05, 3.63) is 81.9 Å². The first kappa shape index (κ1) is 17.5. The van der Waals surface area contributed by atoms with Crippen LogP contribution >= 0.6 is 11.6 Å². The van der Waals surface area contributed by atoms with Gasteiger partial charge in [-0.05, 0) is 76.9 Å². The van der Waals surface area contributed by atoms with Gasteiger partial charge >= 0.3 is 0 Å². The van der Waals surface area contributed by atoms with Crippen molar-refractivity contribution in [2.24, 2.45) is 5.92 Å². The van der Waals surface area contributed by atoms with Crippen molar-refractivity contribution >= 4 is 22.4 Å². The summed E-state index contributed by atoms with van der Waals surface area (Å²) in [4.78, 5) is 0. The predicted octanol–water partition coefficient (Wildman–Crippen LogP) is 7.27. The van der Waals surface area contributed by atoms with Crippen LogP contribution in [0.25, 0.3) is 10.8 Å². The topological polar surface area (TPSA) is 0 Å². The van der Waals surface area contributed by atoms with E-state index in [4.69, 9.17) is 11.6 Å². The van der Waals surface area contributed by atoms with Gasteiger partial charge in [0.2, 0.25) is 0 Å². The van der Waals surface area contributed by atoms with Gasteiger partial charge < -0.3 is 0 Å². The molecule has 0 aromatic heterocycles. The van der Waals surface area contributed by atoms with Crippen LogP contribution in [0.2, 0.25) is 5.02 Å². The smallest absolute Gasteiger partial charge is 0.142 e. The maximum atomic E-state index is 14.1. The monoisotopic (exact) mass is 370 g/mol. The van der Waals surface area contributed by atoms with Gasteiger partial charge in [0.15, 0.2) is 0 Å². The average Bonchev–Trinajstić information content (AvgIpc) is 2.64. The fraction of sp³-hybridized carbons (Fsp3) is 0.304. The molecule has 0 heterocycles. The number of fused-ring (bicyclic) bond motifs is 3. The molecular weight excluding hydrogens is 350 g/mol. The number of hydrogen-bond acceptors (Lipinski definition) is 0. The van der Waals surface area contributed by atoms with E-state index in [0.29, 0.717) is 5.92 Å². The molecule has 0 amide bonds. The highest BCUT2D eigenvalue weighted by Crippen LogP contribution is 2.45. The van der Waals surface area contributed by atoms with Crippen LogP contribution in [0.5, 0.6) is 0 Å². The molecule has 0 saturated carbocycles. The second kappa shape index (κ2) is 7.00. The Morgan fingerprint density at radius 3 is 2.62 bits per heavy atom. The summed E-state index contributed by atoms with van der Waals surface area (Å²) in [5.74, 6) is -0.00809. The third kappa shape index (κ3) is 3.01. The lowest BCUT2D eigenvalue weighted by Gasteiger charge is -2.35. The van der Waals surface area contributed by atoms with Crippen molar-refractivity contribution in [3.8, 4) is 0 Å². The summed E-state index contributed by atoms with van der Waals surface area (Å²) in [6.45, 7) is 2.19. The minimum absolute atomic E-state index is 0.123. The van der Waals surface area contributed by atoms with E-state index in [9.17, 15) is 8.78 Å². The van der Waals surface area contributed by atoms with E-state index in [1.54, 1.807) is 18.2 Å². The Labute approximate surface area is 157 Å². The van der Waals surface area contributed by atoms with Gasteiger partial charge in [-0.2, -0.15) is 0 Å². The minimum atomic E-state index is -0.377. The van der Waals surface area contributed by atoms with E-state index in [1.807, 2.05) is 12.1 Å². The molecule has 0 fully saturated rings. The quantitative estimate of drug-likeness (QED) is 0.455. The SMILES string of the molecule is CCCC1CCc2c(ccc3ccc(F)cc23)C1c1ccc(Cl)c(F)c1. The molecule has 0 radical (unpaired) electrons.